The molecule has 2 unspecified atom stereocenters. The molecule has 0 radical (unpaired) electrons. The maximum absolute atomic E-state index is 11.2. The summed E-state index contributed by atoms with van der Waals surface area (Å²) in [6.45, 7) is 6.01. The van der Waals surface area contributed by atoms with Crippen molar-refractivity contribution >= 4 is 17.7 Å². The molecule has 1 amide bonds. The van der Waals surface area contributed by atoms with E-state index in [9.17, 15) is 4.79 Å². The van der Waals surface area contributed by atoms with Crippen LogP contribution in [-0.4, -0.2) is 41.4 Å². The highest BCUT2D eigenvalue weighted by molar-refractivity contribution is 7.99. The van der Waals surface area contributed by atoms with Gasteiger partial charge in [0.25, 0.3) is 0 Å². The van der Waals surface area contributed by atoms with Crippen molar-refractivity contribution in [2.75, 3.05) is 24.6 Å². The molecule has 1 saturated heterocycles. The van der Waals surface area contributed by atoms with Gasteiger partial charge >= 0.3 is 0 Å². The van der Waals surface area contributed by atoms with Gasteiger partial charge in [-0.1, -0.05) is 6.92 Å². The number of carbonyl (C=O) groups excluding carboxylic acids is 1. The average Bonchev–Trinajstić information content (AvgIpc) is 2.20. The minimum Gasteiger partial charge on any atom is -0.298 e. The van der Waals surface area contributed by atoms with E-state index in [0.717, 1.165) is 18.8 Å². The summed E-state index contributed by atoms with van der Waals surface area (Å²) < 4.78 is 0. The topological polar surface area (TPSA) is 58.4 Å². The molecule has 5 heteroatoms. The normalized spacial score (nSPS) is 25.8. The summed E-state index contributed by atoms with van der Waals surface area (Å²) in [6, 6.07) is 0.571. The first kappa shape index (κ1) is 11.8. The summed E-state index contributed by atoms with van der Waals surface area (Å²) in [5.74, 6) is 7.33. The zero-order chi connectivity index (χ0) is 10.6. The standard InChI is InChI=1S/C9H19N3OS/c1-7(9(13)11-10)5-12-3-4-14-6-8(12)2/h7-8H,3-6,10H2,1-2H3,(H,11,13). The van der Waals surface area contributed by atoms with E-state index in [1.807, 2.05) is 18.7 Å². The van der Waals surface area contributed by atoms with E-state index in [1.54, 1.807) is 0 Å². The molecule has 2 atom stereocenters. The molecule has 0 aromatic carbocycles. The second-order valence-corrected chi connectivity index (χ2v) is 4.98. The Hall–Kier alpha value is -0.260. The number of nitrogens with zero attached hydrogens (tertiary/aromatic N) is 1. The van der Waals surface area contributed by atoms with Crippen LogP contribution in [0, 0.1) is 5.92 Å². The lowest BCUT2D eigenvalue weighted by molar-refractivity contribution is -0.125. The summed E-state index contributed by atoms with van der Waals surface area (Å²) >= 11 is 1.98. The number of rotatable bonds is 3. The van der Waals surface area contributed by atoms with E-state index >= 15 is 0 Å². The van der Waals surface area contributed by atoms with Crippen LogP contribution in [0.15, 0.2) is 0 Å². The Balaban J connectivity index is 2.38. The molecule has 0 aromatic rings. The Kier molecular flexibility index (Phi) is 4.71. The molecule has 4 nitrogen and oxygen atoms in total. The fourth-order valence-electron chi connectivity index (χ4n) is 1.61. The molecule has 0 saturated carbocycles. The number of thioether (sulfide) groups is 1. The monoisotopic (exact) mass is 217 g/mol. The van der Waals surface area contributed by atoms with Crippen LogP contribution >= 0.6 is 11.8 Å². The van der Waals surface area contributed by atoms with Crippen LogP contribution in [0.25, 0.3) is 0 Å². The third-order valence-corrected chi connectivity index (χ3v) is 3.79. The summed E-state index contributed by atoms with van der Waals surface area (Å²) in [5, 5.41) is 0. The summed E-state index contributed by atoms with van der Waals surface area (Å²) in [5.41, 5.74) is 2.20. The van der Waals surface area contributed by atoms with E-state index in [2.05, 4.69) is 17.2 Å². The van der Waals surface area contributed by atoms with Gasteiger partial charge in [0, 0.05) is 36.6 Å². The first-order chi connectivity index (χ1) is 6.65. The Bertz CT molecular complexity index is 200. The molecular weight excluding hydrogens is 198 g/mol. The summed E-state index contributed by atoms with van der Waals surface area (Å²) in [6.07, 6.45) is 0. The fourth-order valence-corrected chi connectivity index (χ4v) is 2.69. The lowest BCUT2D eigenvalue weighted by Crippen LogP contribution is -2.46. The maximum atomic E-state index is 11.2. The van der Waals surface area contributed by atoms with Crippen LogP contribution in [0.5, 0.6) is 0 Å². The van der Waals surface area contributed by atoms with E-state index in [0.29, 0.717) is 6.04 Å². The maximum Gasteiger partial charge on any atom is 0.237 e. The smallest absolute Gasteiger partial charge is 0.237 e. The molecule has 1 fully saturated rings. The van der Waals surface area contributed by atoms with E-state index in [4.69, 9.17) is 5.84 Å². The summed E-state index contributed by atoms with van der Waals surface area (Å²) in [7, 11) is 0. The second-order valence-electron chi connectivity index (χ2n) is 3.83. The number of hydrazine groups is 1. The molecule has 1 heterocycles. The molecule has 0 bridgehead atoms. The predicted molar refractivity (Wildman–Crippen MR) is 59.9 cm³/mol. The van der Waals surface area contributed by atoms with Crippen LogP contribution < -0.4 is 11.3 Å². The van der Waals surface area contributed by atoms with E-state index < -0.39 is 0 Å². The van der Waals surface area contributed by atoms with Crippen LogP contribution in [-0.2, 0) is 4.79 Å². The van der Waals surface area contributed by atoms with Crippen LogP contribution in [0.4, 0.5) is 0 Å². The molecule has 3 N–H and O–H groups in total. The van der Waals surface area contributed by atoms with Gasteiger partial charge in [0.05, 0.1) is 0 Å². The van der Waals surface area contributed by atoms with E-state index in [1.165, 1.54) is 5.75 Å². The number of nitrogens with one attached hydrogen (secondary N) is 1. The number of amides is 1. The molecule has 0 aliphatic carbocycles. The van der Waals surface area contributed by atoms with Crippen LogP contribution in [0.3, 0.4) is 0 Å². The van der Waals surface area contributed by atoms with Gasteiger partial charge in [0.1, 0.15) is 0 Å². The van der Waals surface area contributed by atoms with Crippen molar-refractivity contribution < 1.29 is 4.79 Å². The van der Waals surface area contributed by atoms with Crippen molar-refractivity contribution in [3.8, 4) is 0 Å². The number of carbonyl (C=O) groups is 1. The quantitative estimate of drug-likeness (QED) is 0.398. The zero-order valence-electron chi connectivity index (χ0n) is 8.82. The second kappa shape index (κ2) is 5.58. The average molecular weight is 217 g/mol. The van der Waals surface area contributed by atoms with Crippen molar-refractivity contribution in [3.05, 3.63) is 0 Å². The predicted octanol–water partition coefficient (Wildman–Crippen LogP) is 0.0497. The van der Waals surface area contributed by atoms with Crippen LogP contribution in [0.2, 0.25) is 0 Å². The van der Waals surface area contributed by atoms with Crippen molar-refractivity contribution in [2.24, 2.45) is 11.8 Å². The van der Waals surface area contributed by atoms with Crippen molar-refractivity contribution in [1.82, 2.24) is 10.3 Å². The lowest BCUT2D eigenvalue weighted by atomic mass is 10.1. The third-order valence-electron chi connectivity index (χ3n) is 2.60. The molecule has 0 aromatic heterocycles. The van der Waals surface area contributed by atoms with Gasteiger partial charge in [-0.2, -0.15) is 11.8 Å². The lowest BCUT2D eigenvalue weighted by Gasteiger charge is -2.34. The van der Waals surface area contributed by atoms with Gasteiger partial charge in [0.15, 0.2) is 0 Å². The van der Waals surface area contributed by atoms with Gasteiger partial charge in [-0.25, -0.2) is 5.84 Å². The molecular formula is C9H19N3OS. The number of hydrogen-bond donors (Lipinski definition) is 2. The first-order valence-corrected chi connectivity index (χ1v) is 6.13. The Morgan fingerprint density at radius 2 is 2.50 bits per heavy atom. The van der Waals surface area contributed by atoms with Crippen molar-refractivity contribution in [1.29, 1.82) is 0 Å². The zero-order valence-corrected chi connectivity index (χ0v) is 9.64. The molecule has 1 aliphatic heterocycles. The number of nitrogens with two attached hydrogens (primary N) is 1. The van der Waals surface area contributed by atoms with Crippen molar-refractivity contribution in [2.45, 2.75) is 19.9 Å². The first-order valence-electron chi connectivity index (χ1n) is 4.97. The Morgan fingerprint density at radius 1 is 1.79 bits per heavy atom. The molecule has 0 spiro atoms. The van der Waals surface area contributed by atoms with Crippen LogP contribution in [0.1, 0.15) is 13.8 Å². The molecule has 1 aliphatic rings. The molecule has 1 rings (SSSR count). The number of hydrogen-bond acceptors (Lipinski definition) is 4. The minimum atomic E-state index is -0.0737. The Labute approximate surface area is 89.6 Å². The van der Waals surface area contributed by atoms with Gasteiger partial charge in [-0.15, -0.1) is 0 Å². The molecule has 14 heavy (non-hydrogen) atoms. The minimum absolute atomic E-state index is 0.0226. The highest BCUT2D eigenvalue weighted by Gasteiger charge is 2.22. The fraction of sp³-hybridized carbons (Fsp3) is 0.889. The van der Waals surface area contributed by atoms with Gasteiger partial charge in [-0.05, 0) is 6.92 Å². The highest BCUT2D eigenvalue weighted by atomic mass is 32.2. The molecule has 82 valence electrons. The van der Waals surface area contributed by atoms with Gasteiger partial charge < -0.3 is 0 Å². The SMILES string of the molecule is CC(CN1CCSCC1C)C(=O)NN. The van der Waals surface area contributed by atoms with E-state index in [-0.39, 0.29) is 11.8 Å². The third kappa shape index (κ3) is 3.15. The highest BCUT2D eigenvalue weighted by Crippen LogP contribution is 2.17. The van der Waals surface area contributed by atoms with Crippen molar-refractivity contribution in [3.63, 3.8) is 0 Å². The van der Waals surface area contributed by atoms with Gasteiger partial charge in [-0.3, -0.25) is 15.1 Å². The van der Waals surface area contributed by atoms with Gasteiger partial charge in [0.2, 0.25) is 5.91 Å². The Morgan fingerprint density at radius 3 is 3.07 bits per heavy atom. The largest absolute Gasteiger partial charge is 0.298 e. The summed E-state index contributed by atoms with van der Waals surface area (Å²) in [4.78, 5) is 13.6.